The van der Waals surface area contributed by atoms with Crippen LogP contribution >= 0.6 is 0 Å². The number of anilines is 1. The standard InChI is InChI=1S/C21H21NO5/c1-12-4-7-19(26-3)15(8-12)10-20(24)27-11-18(23)14-5-6-17-16(9-14)13(2)21(25)22-17/h4-9,13H,10-11H2,1-3H3,(H,22,25)/t13-/m0/s1. The van der Waals surface area contributed by atoms with E-state index in [1.54, 1.807) is 31.2 Å². The van der Waals surface area contributed by atoms with Crippen molar-refractivity contribution in [2.75, 3.05) is 19.0 Å². The molecule has 1 aliphatic rings. The summed E-state index contributed by atoms with van der Waals surface area (Å²) >= 11 is 0. The molecule has 0 bridgehead atoms. The summed E-state index contributed by atoms with van der Waals surface area (Å²) in [6, 6.07) is 10.5. The molecule has 0 radical (unpaired) electrons. The molecular formula is C21H21NO5. The van der Waals surface area contributed by atoms with Crippen LogP contribution in [0.15, 0.2) is 36.4 Å². The van der Waals surface area contributed by atoms with Crippen molar-refractivity contribution < 1.29 is 23.9 Å². The molecule has 0 saturated carbocycles. The Labute approximate surface area is 157 Å². The zero-order valence-corrected chi connectivity index (χ0v) is 15.5. The average Bonchev–Trinajstić information content (AvgIpc) is 2.93. The van der Waals surface area contributed by atoms with Gasteiger partial charge in [-0.1, -0.05) is 17.7 Å². The van der Waals surface area contributed by atoms with Crippen LogP contribution in [-0.4, -0.2) is 31.4 Å². The first-order chi connectivity index (χ1) is 12.9. The first kappa shape index (κ1) is 18.6. The SMILES string of the molecule is COc1ccc(C)cc1CC(=O)OCC(=O)c1ccc2c(c1)[C@H](C)C(=O)N2. The molecule has 1 atom stereocenters. The molecule has 1 amide bonds. The maximum atomic E-state index is 12.4. The lowest BCUT2D eigenvalue weighted by Crippen LogP contribution is -2.16. The fraction of sp³-hybridized carbons (Fsp3) is 0.286. The number of hydrogen-bond acceptors (Lipinski definition) is 5. The molecule has 0 saturated heterocycles. The second kappa shape index (κ2) is 7.61. The monoisotopic (exact) mass is 367 g/mol. The van der Waals surface area contributed by atoms with Crippen molar-refractivity contribution in [3.05, 3.63) is 58.7 Å². The number of carbonyl (C=O) groups excluding carboxylic acids is 3. The van der Waals surface area contributed by atoms with Crippen molar-refractivity contribution in [1.29, 1.82) is 0 Å². The van der Waals surface area contributed by atoms with Crippen LogP contribution in [-0.2, 0) is 20.7 Å². The second-order valence-electron chi connectivity index (χ2n) is 6.59. The summed E-state index contributed by atoms with van der Waals surface area (Å²) in [4.78, 5) is 36.2. The minimum Gasteiger partial charge on any atom is -0.496 e. The molecule has 6 heteroatoms. The van der Waals surface area contributed by atoms with Crippen molar-refractivity contribution in [1.82, 2.24) is 0 Å². The van der Waals surface area contributed by atoms with Gasteiger partial charge in [0, 0.05) is 16.8 Å². The normalized spacial score (nSPS) is 15.1. The Morgan fingerprint density at radius 2 is 1.93 bits per heavy atom. The van der Waals surface area contributed by atoms with Crippen molar-refractivity contribution in [3.63, 3.8) is 0 Å². The van der Waals surface area contributed by atoms with Crippen molar-refractivity contribution >= 4 is 23.3 Å². The number of amides is 1. The van der Waals surface area contributed by atoms with Crippen molar-refractivity contribution in [2.45, 2.75) is 26.2 Å². The number of carbonyl (C=O) groups is 3. The third-order valence-electron chi connectivity index (χ3n) is 4.63. The minimum atomic E-state index is -0.501. The molecule has 1 heterocycles. The molecule has 6 nitrogen and oxygen atoms in total. The Balaban J connectivity index is 1.62. The zero-order valence-electron chi connectivity index (χ0n) is 15.5. The van der Waals surface area contributed by atoms with Gasteiger partial charge in [-0.25, -0.2) is 0 Å². The number of methoxy groups -OCH3 is 1. The molecule has 140 valence electrons. The first-order valence-corrected chi connectivity index (χ1v) is 8.66. The highest BCUT2D eigenvalue weighted by atomic mass is 16.5. The van der Waals surface area contributed by atoms with Gasteiger partial charge in [0.25, 0.3) is 0 Å². The maximum Gasteiger partial charge on any atom is 0.310 e. The van der Waals surface area contributed by atoms with Gasteiger partial charge in [-0.05, 0) is 43.7 Å². The smallest absolute Gasteiger partial charge is 0.310 e. The van der Waals surface area contributed by atoms with Crippen LogP contribution in [0.4, 0.5) is 5.69 Å². The molecule has 2 aromatic rings. The summed E-state index contributed by atoms with van der Waals surface area (Å²) in [5.41, 5.74) is 3.63. The van der Waals surface area contributed by atoms with E-state index in [1.165, 1.54) is 7.11 Å². The van der Waals surface area contributed by atoms with Gasteiger partial charge < -0.3 is 14.8 Å². The van der Waals surface area contributed by atoms with Gasteiger partial charge in [0.05, 0.1) is 19.4 Å². The van der Waals surface area contributed by atoms with Crippen LogP contribution in [0, 0.1) is 6.92 Å². The molecule has 27 heavy (non-hydrogen) atoms. The van der Waals surface area contributed by atoms with Crippen molar-refractivity contribution in [3.8, 4) is 5.75 Å². The summed E-state index contributed by atoms with van der Waals surface area (Å²) in [5.74, 6) is -0.599. The average molecular weight is 367 g/mol. The Morgan fingerprint density at radius 1 is 1.15 bits per heavy atom. The lowest BCUT2D eigenvalue weighted by Gasteiger charge is -2.10. The van der Waals surface area contributed by atoms with E-state index < -0.39 is 5.97 Å². The molecule has 2 aromatic carbocycles. The Morgan fingerprint density at radius 3 is 2.67 bits per heavy atom. The first-order valence-electron chi connectivity index (χ1n) is 8.66. The molecule has 0 aromatic heterocycles. The molecule has 0 spiro atoms. The Hall–Kier alpha value is -3.15. The van der Waals surface area contributed by atoms with E-state index in [4.69, 9.17) is 9.47 Å². The summed E-state index contributed by atoms with van der Waals surface area (Å²) in [7, 11) is 1.54. The van der Waals surface area contributed by atoms with E-state index in [-0.39, 0.29) is 30.6 Å². The number of ketones is 1. The summed E-state index contributed by atoms with van der Waals surface area (Å²) in [5, 5.41) is 2.76. The quantitative estimate of drug-likeness (QED) is 0.627. The number of ether oxygens (including phenoxy) is 2. The molecule has 0 unspecified atom stereocenters. The zero-order chi connectivity index (χ0) is 19.6. The fourth-order valence-corrected chi connectivity index (χ4v) is 3.07. The third-order valence-corrected chi connectivity index (χ3v) is 4.63. The van der Waals surface area contributed by atoms with Gasteiger partial charge >= 0.3 is 5.97 Å². The molecular weight excluding hydrogens is 346 g/mol. The number of benzene rings is 2. The largest absolute Gasteiger partial charge is 0.496 e. The Bertz CT molecular complexity index is 919. The van der Waals surface area contributed by atoms with E-state index >= 15 is 0 Å². The molecule has 0 fully saturated rings. The predicted octanol–water partition coefficient (Wildman–Crippen LogP) is 3.03. The van der Waals surface area contributed by atoms with E-state index in [1.807, 2.05) is 19.1 Å². The number of rotatable bonds is 6. The topological polar surface area (TPSA) is 81.7 Å². The maximum absolute atomic E-state index is 12.4. The van der Waals surface area contributed by atoms with Crippen LogP contribution < -0.4 is 10.1 Å². The van der Waals surface area contributed by atoms with E-state index in [0.717, 1.165) is 11.1 Å². The lowest BCUT2D eigenvalue weighted by molar-refractivity contribution is -0.141. The van der Waals surface area contributed by atoms with E-state index in [2.05, 4.69) is 5.32 Å². The predicted molar refractivity (Wildman–Crippen MR) is 100 cm³/mol. The van der Waals surface area contributed by atoms with Gasteiger partial charge in [0.15, 0.2) is 12.4 Å². The number of fused-ring (bicyclic) bond motifs is 1. The summed E-state index contributed by atoms with van der Waals surface area (Å²) < 4.78 is 10.4. The van der Waals surface area contributed by atoms with Crippen molar-refractivity contribution in [2.24, 2.45) is 0 Å². The number of aryl methyl sites for hydroxylation is 1. The van der Waals surface area contributed by atoms with Crippen LogP contribution in [0.3, 0.4) is 0 Å². The van der Waals surface area contributed by atoms with Crippen LogP contribution in [0.2, 0.25) is 0 Å². The fourth-order valence-electron chi connectivity index (χ4n) is 3.07. The molecule has 1 aliphatic heterocycles. The van der Waals surface area contributed by atoms with Crippen LogP contribution in [0.5, 0.6) is 5.75 Å². The van der Waals surface area contributed by atoms with Gasteiger partial charge in [-0.2, -0.15) is 0 Å². The molecule has 1 N–H and O–H groups in total. The third kappa shape index (κ3) is 4.00. The number of hydrogen-bond donors (Lipinski definition) is 1. The van der Waals surface area contributed by atoms with Gasteiger partial charge in [0.2, 0.25) is 5.91 Å². The van der Waals surface area contributed by atoms with E-state index in [0.29, 0.717) is 22.6 Å². The van der Waals surface area contributed by atoms with Gasteiger partial charge in [-0.3, -0.25) is 14.4 Å². The number of esters is 1. The van der Waals surface area contributed by atoms with E-state index in [9.17, 15) is 14.4 Å². The molecule has 0 aliphatic carbocycles. The number of Topliss-reactive ketones (excluding diaryl/α,β-unsaturated/α-hetero) is 1. The summed E-state index contributed by atoms with van der Waals surface area (Å²) in [6.45, 7) is 3.36. The Kier molecular flexibility index (Phi) is 5.26. The molecule has 3 rings (SSSR count). The lowest BCUT2D eigenvalue weighted by atomic mass is 9.99. The number of nitrogens with one attached hydrogen (secondary N) is 1. The van der Waals surface area contributed by atoms with Crippen LogP contribution in [0.1, 0.15) is 39.9 Å². The second-order valence-corrected chi connectivity index (χ2v) is 6.59. The summed E-state index contributed by atoms with van der Waals surface area (Å²) in [6.07, 6.45) is 0.0256. The highest BCUT2D eigenvalue weighted by molar-refractivity contribution is 6.05. The van der Waals surface area contributed by atoms with Gasteiger partial charge in [-0.15, -0.1) is 0 Å². The van der Waals surface area contributed by atoms with Gasteiger partial charge in [0.1, 0.15) is 5.75 Å². The van der Waals surface area contributed by atoms with Crippen LogP contribution in [0.25, 0.3) is 0 Å². The minimum absolute atomic E-state index is 0.0256. The highest BCUT2D eigenvalue weighted by Crippen LogP contribution is 2.32. The highest BCUT2D eigenvalue weighted by Gasteiger charge is 2.27.